The van der Waals surface area contributed by atoms with Crippen molar-refractivity contribution in [1.82, 2.24) is 4.90 Å². The third kappa shape index (κ3) is 3.20. The Morgan fingerprint density at radius 1 is 1.07 bits per heavy atom. The van der Waals surface area contributed by atoms with Crippen LogP contribution in [0.5, 0.6) is 17.2 Å². The molecule has 2 aromatic carbocycles. The first kappa shape index (κ1) is 18.4. The van der Waals surface area contributed by atoms with Crippen molar-refractivity contribution in [3.63, 3.8) is 0 Å². The number of methoxy groups -OCH3 is 1. The van der Waals surface area contributed by atoms with Crippen LogP contribution in [0.1, 0.15) is 24.8 Å². The van der Waals surface area contributed by atoms with E-state index in [9.17, 15) is 15.0 Å². The van der Waals surface area contributed by atoms with E-state index in [0.29, 0.717) is 17.9 Å². The van der Waals surface area contributed by atoms with E-state index in [0.717, 1.165) is 31.5 Å². The second-order valence-corrected chi connectivity index (χ2v) is 7.09. The summed E-state index contributed by atoms with van der Waals surface area (Å²) >= 11 is 0. The molecule has 1 aliphatic rings. The van der Waals surface area contributed by atoms with Gasteiger partial charge in [0, 0.05) is 18.2 Å². The van der Waals surface area contributed by atoms with Crippen LogP contribution in [0.2, 0.25) is 0 Å². The number of aromatic hydroxyl groups is 2. The number of benzene rings is 2. The van der Waals surface area contributed by atoms with Gasteiger partial charge < -0.3 is 19.4 Å². The third-order valence-corrected chi connectivity index (χ3v) is 5.27. The zero-order chi connectivity index (χ0) is 19.7. The number of likely N-dealkylation sites (tertiary alicyclic amines) is 1. The number of hydrogen-bond donors (Lipinski definition) is 2. The van der Waals surface area contributed by atoms with Crippen LogP contribution in [-0.2, 0) is 6.54 Å². The van der Waals surface area contributed by atoms with Gasteiger partial charge in [0.05, 0.1) is 12.7 Å². The van der Waals surface area contributed by atoms with Gasteiger partial charge in [-0.05, 0) is 25.9 Å². The fourth-order valence-electron chi connectivity index (χ4n) is 3.83. The fraction of sp³-hybridized carbons (Fsp3) is 0.318. The van der Waals surface area contributed by atoms with Gasteiger partial charge in [0.15, 0.2) is 22.5 Å². The van der Waals surface area contributed by atoms with Crippen LogP contribution in [0, 0.1) is 0 Å². The highest BCUT2D eigenvalue weighted by atomic mass is 16.5. The molecule has 28 heavy (non-hydrogen) atoms. The number of phenols is 2. The van der Waals surface area contributed by atoms with Gasteiger partial charge in [-0.1, -0.05) is 36.8 Å². The largest absolute Gasteiger partial charge is 0.504 e. The summed E-state index contributed by atoms with van der Waals surface area (Å²) in [4.78, 5) is 15.1. The van der Waals surface area contributed by atoms with Crippen LogP contribution < -0.4 is 10.2 Å². The van der Waals surface area contributed by atoms with E-state index in [2.05, 4.69) is 4.90 Å². The number of fused-ring (bicyclic) bond motifs is 1. The molecule has 0 amide bonds. The number of phenolic OH excluding ortho intramolecular Hbond substituents is 2. The molecule has 1 aromatic heterocycles. The van der Waals surface area contributed by atoms with Crippen LogP contribution >= 0.6 is 0 Å². The average molecular weight is 381 g/mol. The molecule has 146 valence electrons. The van der Waals surface area contributed by atoms with Crippen molar-refractivity contribution < 1.29 is 19.4 Å². The minimum Gasteiger partial charge on any atom is -0.504 e. The topological polar surface area (TPSA) is 83.1 Å². The molecule has 0 atom stereocenters. The van der Waals surface area contributed by atoms with Crippen LogP contribution in [0.3, 0.4) is 0 Å². The smallest absolute Gasteiger partial charge is 0.204 e. The first-order chi connectivity index (χ1) is 13.6. The summed E-state index contributed by atoms with van der Waals surface area (Å²) in [5.74, 6) is -0.293. The molecule has 0 aliphatic carbocycles. The molecule has 1 saturated heterocycles. The molecule has 0 radical (unpaired) electrons. The SMILES string of the molecule is COc1c(O)c(CN2CCCCC2)c2oc(-c3ccccc3)cc(=O)c2c1O. The molecule has 0 saturated carbocycles. The van der Waals surface area contributed by atoms with Gasteiger partial charge in [0.25, 0.3) is 0 Å². The van der Waals surface area contributed by atoms with Crippen LogP contribution in [-0.4, -0.2) is 35.3 Å². The Hall–Kier alpha value is -2.99. The fourth-order valence-corrected chi connectivity index (χ4v) is 3.83. The normalized spacial score (nSPS) is 15.0. The van der Waals surface area contributed by atoms with Crippen LogP contribution in [0.25, 0.3) is 22.3 Å². The molecular weight excluding hydrogens is 358 g/mol. The maximum atomic E-state index is 12.8. The Labute approximate surface area is 162 Å². The highest BCUT2D eigenvalue weighted by Crippen LogP contribution is 2.45. The van der Waals surface area contributed by atoms with Gasteiger partial charge in [0.2, 0.25) is 5.75 Å². The Kier molecular flexibility index (Phi) is 4.96. The van der Waals surface area contributed by atoms with Crippen molar-refractivity contribution in [3.05, 3.63) is 52.2 Å². The van der Waals surface area contributed by atoms with E-state index < -0.39 is 5.75 Å². The van der Waals surface area contributed by atoms with E-state index in [1.165, 1.54) is 19.6 Å². The monoisotopic (exact) mass is 381 g/mol. The van der Waals surface area contributed by atoms with Gasteiger partial charge >= 0.3 is 0 Å². The molecule has 1 aliphatic heterocycles. The zero-order valence-electron chi connectivity index (χ0n) is 15.8. The summed E-state index contributed by atoms with van der Waals surface area (Å²) in [5, 5.41) is 21.4. The van der Waals surface area contributed by atoms with E-state index in [1.54, 1.807) is 0 Å². The molecule has 6 nitrogen and oxygen atoms in total. The lowest BCUT2D eigenvalue weighted by molar-refractivity contribution is 0.217. The second-order valence-electron chi connectivity index (χ2n) is 7.09. The molecule has 3 aromatic rings. The molecular formula is C22H23NO5. The highest BCUT2D eigenvalue weighted by molar-refractivity contribution is 5.92. The Bertz CT molecular complexity index is 1050. The van der Waals surface area contributed by atoms with Crippen molar-refractivity contribution >= 4 is 11.0 Å². The molecule has 0 unspecified atom stereocenters. The summed E-state index contributed by atoms with van der Waals surface area (Å²) in [5.41, 5.74) is 1.03. The van der Waals surface area contributed by atoms with Crippen molar-refractivity contribution in [2.75, 3.05) is 20.2 Å². The molecule has 2 N–H and O–H groups in total. The minimum atomic E-state index is -0.397. The molecule has 1 fully saturated rings. The first-order valence-electron chi connectivity index (χ1n) is 9.46. The van der Waals surface area contributed by atoms with Gasteiger partial charge in [-0.2, -0.15) is 0 Å². The number of ether oxygens (including phenoxy) is 1. The van der Waals surface area contributed by atoms with Crippen molar-refractivity contribution in [2.45, 2.75) is 25.8 Å². The summed E-state index contributed by atoms with van der Waals surface area (Å²) in [6, 6.07) is 10.6. The maximum absolute atomic E-state index is 12.8. The summed E-state index contributed by atoms with van der Waals surface area (Å²) < 4.78 is 11.2. The predicted molar refractivity (Wildman–Crippen MR) is 107 cm³/mol. The van der Waals surface area contributed by atoms with Gasteiger partial charge in [-0.25, -0.2) is 0 Å². The number of rotatable bonds is 4. The number of hydrogen-bond acceptors (Lipinski definition) is 6. The average Bonchev–Trinajstić information content (AvgIpc) is 2.72. The summed E-state index contributed by atoms with van der Waals surface area (Å²) in [6.07, 6.45) is 3.37. The van der Waals surface area contributed by atoms with Crippen LogP contribution in [0.15, 0.2) is 45.6 Å². The third-order valence-electron chi connectivity index (χ3n) is 5.27. The highest BCUT2D eigenvalue weighted by Gasteiger charge is 2.26. The molecule has 0 spiro atoms. The standard InChI is InChI=1S/C22H23NO5/c1-27-22-19(25)15(13-23-10-6-3-7-11-23)21-18(20(22)26)16(24)12-17(28-21)14-8-4-2-5-9-14/h2,4-5,8-9,12,25-26H,3,6-7,10-11,13H2,1H3. The lowest BCUT2D eigenvalue weighted by atomic mass is 10.0. The number of nitrogens with zero attached hydrogens (tertiary/aromatic N) is 1. The van der Waals surface area contributed by atoms with E-state index >= 15 is 0 Å². The molecule has 6 heteroatoms. The van der Waals surface area contributed by atoms with Crippen LogP contribution in [0.4, 0.5) is 0 Å². The second kappa shape index (κ2) is 7.56. The quantitative estimate of drug-likeness (QED) is 0.714. The van der Waals surface area contributed by atoms with E-state index in [1.807, 2.05) is 30.3 Å². The maximum Gasteiger partial charge on any atom is 0.204 e. The van der Waals surface area contributed by atoms with Gasteiger partial charge in [-0.15, -0.1) is 0 Å². The Morgan fingerprint density at radius 2 is 1.79 bits per heavy atom. The first-order valence-corrected chi connectivity index (χ1v) is 9.46. The Balaban J connectivity index is 1.96. The van der Waals surface area contributed by atoms with Gasteiger partial charge in [0.1, 0.15) is 11.1 Å². The summed E-state index contributed by atoms with van der Waals surface area (Å²) in [6.45, 7) is 2.24. The molecule has 2 heterocycles. The van der Waals surface area contributed by atoms with Crippen molar-refractivity contribution in [2.24, 2.45) is 0 Å². The van der Waals surface area contributed by atoms with Gasteiger partial charge in [-0.3, -0.25) is 9.69 Å². The lowest BCUT2D eigenvalue weighted by Crippen LogP contribution is -2.29. The zero-order valence-corrected chi connectivity index (χ0v) is 15.8. The minimum absolute atomic E-state index is 0.0290. The van der Waals surface area contributed by atoms with E-state index in [4.69, 9.17) is 9.15 Å². The molecule has 0 bridgehead atoms. The summed E-state index contributed by atoms with van der Waals surface area (Å²) in [7, 11) is 1.35. The lowest BCUT2D eigenvalue weighted by Gasteiger charge is -2.27. The molecule has 4 rings (SSSR count). The predicted octanol–water partition coefficient (Wildman–Crippen LogP) is 3.87. The number of piperidine rings is 1. The van der Waals surface area contributed by atoms with Crippen molar-refractivity contribution in [3.8, 4) is 28.6 Å². The van der Waals surface area contributed by atoms with E-state index in [-0.39, 0.29) is 27.9 Å². The van der Waals surface area contributed by atoms with Crippen molar-refractivity contribution in [1.29, 1.82) is 0 Å². The Morgan fingerprint density at radius 3 is 2.46 bits per heavy atom.